The van der Waals surface area contributed by atoms with Crippen LogP contribution in [0, 0.1) is 0 Å². The molecule has 0 aliphatic heterocycles. The van der Waals surface area contributed by atoms with Crippen LogP contribution in [0.1, 0.15) is 22.8 Å². The summed E-state index contributed by atoms with van der Waals surface area (Å²) in [5, 5.41) is 2.09. The summed E-state index contributed by atoms with van der Waals surface area (Å²) in [4.78, 5) is 24.3. The Bertz CT molecular complexity index is 908. The Kier molecular flexibility index (Phi) is 5.64. The number of fused-ring (bicyclic) bond motifs is 1. The van der Waals surface area contributed by atoms with Crippen LogP contribution in [0.3, 0.4) is 0 Å². The number of esters is 1. The summed E-state index contributed by atoms with van der Waals surface area (Å²) in [7, 11) is 0. The molecule has 0 unspecified atom stereocenters. The highest BCUT2D eigenvalue weighted by atomic mass is 16.5. The van der Waals surface area contributed by atoms with Gasteiger partial charge < -0.3 is 9.47 Å². The fraction of sp³-hybridized carbons (Fsp3) is 0.182. The molecule has 0 fully saturated rings. The van der Waals surface area contributed by atoms with Gasteiger partial charge in [-0.05, 0) is 47.5 Å². The first-order valence-electron chi connectivity index (χ1n) is 8.55. The van der Waals surface area contributed by atoms with Crippen LogP contribution in [0.2, 0.25) is 0 Å². The first-order chi connectivity index (χ1) is 12.7. The number of ketones is 1. The zero-order chi connectivity index (χ0) is 18.4. The molecule has 0 saturated carbocycles. The molecule has 0 radical (unpaired) electrons. The van der Waals surface area contributed by atoms with Crippen molar-refractivity contribution in [1.82, 2.24) is 0 Å². The summed E-state index contributed by atoms with van der Waals surface area (Å²) in [6.07, 6.45) is 0.137. The molecule has 0 aliphatic carbocycles. The molecular formula is C22H20O4. The topological polar surface area (TPSA) is 52.6 Å². The van der Waals surface area contributed by atoms with Crippen LogP contribution in [0.4, 0.5) is 0 Å². The number of ether oxygens (including phenoxy) is 2. The van der Waals surface area contributed by atoms with Gasteiger partial charge in [0.15, 0.2) is 12.4 Å². The zero-order valence-corrected chi connectivity index (χ0v) is 14.6. The van der Waals surface area contributed by atoms with Crippen molar-refractivity contribution in [1.29, 1.82) is 0 Å². The lowest BCUT2D eigenvalue weighted by molar-refractivity contribution is -0.141. The molecule has 4 nitrogen and oxygen atoms in total. The zero-order valence-electron chi connectivity index (χ0n) is 14.6. The van der Waals surface area contributed by atoms with E-state index in [9.17, 15) is 9.59 Å². The second-order valence-electron chi connectivity index (χ2n) is 5.86. The summed E-state index contributed by atoms with van der Waals surface area (Å²) < 4.78 is 10.5. The van der Waals surface area contributed by atoms with Crippen LogP contribution < -0.4 is 4.74 Å². The average molecular weight is 348 g/mol. The number of Topliss-reactive ketones (excluding diaryl/α,β-unsaturated/α-hetero) is 1. The van der Waals surface area contributed by atoms with Gasteiger partial charge in [0.25, 0.3) is 0 Å². The predicted molar refractivity (Wildman–Crippen MR) is 101 cm³/mol. The fourth-order valence-electron chi connectivity index (χ4n) is 2.79. The van der Waals surface area contributed by atoms with Gasteiger partial charge in [0.05, 0.1) is 13.0 Å². The average Bonchev–Trinajstić information content (AvgIpc) is 2.67. The monoisotopic (exact) mass is 348 g/mol. The quantitative estimate of drug-likeness (QED) is 0.474. The first-order valence-corrected chi connectivity index (χ1v) is 8.55. The molecule has 3 aromatic rings. The molecule has 0 saturated heterocycles. The van der Waals surface area contributed by atoms with Crippen LogP contribution in [0.25, 0.3) is 10.8 Å². The van der Waals surface area contributed by atoms with Gasteiger partial charge in [-0.1, -0.05) is 42.5 Å². The van der Waals surface area contributed by atoms with Gasteiger partial charge in [0.1, 0.15) is 5.75 Å². The number of carbonyl (C=O) groups excluding carboxylic acids is 2. The normalized spacial score (nSPS) is 10.5. The maximum atomic E-state index is 12.2. The fourth-order valence-corrected chi connectivity index (χ4v) is 2.79. The Hall–Kier alpha value is -3.14. The highest BCUT2D eigenvalue weighted by Crippen LogP contribution is 2.19. The van der Waals surface area contributed by atoms with Crippen LogP contribution in [0.15, 0.2) is 66.7 Å². The van der Waals surface area contributed by atoms with Gasteiger partial charge >= 0.3 is 5.97 Å². The standard InChI is InChI=1S/C22H20O4/c1-2-25-19-12-10-17(11-13-19)21(23)15-26-22(24)14-18-8-5-7-16-6-3-4-9-20(16)18/h3-13H,2,14-15H2,1H3. The van der Waals surface area contributed by atoms with Crippen molar-refractivity contribution in [3.05, 3.63) is 77.9 Å². The Balaban J connectivity index is 1.59. The molecule has 0 bridgehead atoms. The number of carbonyl (C=O) groups is 2. The predicted octanol–water partition coefficient (Wildman–Crippen LogP) is 4.21. The minimum atomic E-state index is -0.416. The Labute approximate surface area is 152 Å². The summed E-state index contributed by atoms with van der Waals surface area (Å²) in [6.45, 7) is 2.20. The largest absolute Gasteiger partial charge is 0.494 e. The summed E-state index contributed by atoms with van der Waals surface area (Å²) in [5.41, 5.74) is 1.38. The molecule has 0 aliphatic rings. The number of rotatable bonds is 7. The molecule has 132 valence electrons. The Morgan fingerprint density at radius 3 is 2.38 bits per heavy atom. The van der Waals surface area contributed by atoms with E-state index in [4.69, 9.17) is 9.47 Å². The van der Waals surface area contributed by atoms with Crippen molar-refractivity contribution < 1.29 is 19.1 Å². The second-order valence-corrected chi connectivity index (χ2v) is 5.86. The van der Waals surface area contributed by atoms with E-state index in [1.807, 2.05) is 49.4 Å². The van der Waals surface area contributed by atoms with E-state index in [0.717, 1.165) is 16.3 Å². The van der Waals surface area contributed by atoms with Gasteiger partial charge in [-0.2, -0.15) is 0 Å². The van der Waals surface area contributed by atoms with Crippen LogP contribution in [-0.4, -0.2) is 25.0 Å². The third-order valence-corrected chi connectivity index (χ3v) is 4.07. The first kappa shape index (κ1) is 17.7. The molecule has 0 spiro atoms. The van der Waals surface area contributed by atoms with E-state index < -0.39 is 5.97 Å². The van der Waals surface area contributed by atoms with E-state index in [2.05, 4.69) is 0 Å². The summed E-state index contributed by atoms with van der Waals surface area (Å²) in [5.74, 6) is 0.0527. The van der Waals surface area contributed by atoms with Crippen molar-refractivity contribution in [3.8, 4) is 5.75 Å². The molecular weight excluding hydrogens is 328 g/mol. The second kappa shape index (κ2) is 8.30. The molecule has 0 atom stereocenters. The maximum absolute atomic E-state index is 12.2. The van der Waals surface area contributed by atoms with Crippen LogP contribution >= 0.6 is 0 Å². The molecule has 26 heavy (non-hydrogen) atoms. The lowest BCUT2D eigenvalue weighted by Crippen LogP contribution is -2.15. The van der Waals surface area contributed by atoms with Crippen molar-refractivity contribution in [3.63, 3.8) is 0 Å². The Morgan fingerprint density at radius 2 is 1.62 bits per heavy atom. The molecule has 0 aromatic heterocycles. The lowest BCUT2D eigenvalue weighted by atomic mass is 10.0. The van der Waals surface area contributed by atoms with Gasteiger partial charge in [-0.3, -0.25) is 9.59 Å². The molecule has 4 heteroatoms. The van der Waals surface area contributed by atoms with Crippen molar-refractivity contribution >= 4 is 22.5 Å². The number of hydrogen-bond donors (Lipinski definition) is 0. The smallest absolute Gasteiger partial charge is 0.310 e. The van der Waals surface area contributed by atoms with E-state index in [1.54, 1.807) is 24.3 Å². The molecule has 3 rings (SSSR count). The van der Waals surface area contributed by atoms with Crippen LogP contribution in [-0.2, 0) is 16.0 Å². The highest BCUT2D eigenvalue weighted by molar-refractivity contribution is 5.98. The molecule has 0 heterocycles. The lowest BCUT2D eigenvalue weighted by Gasteiger charge is -2.08. The SMILES string of the molecule is CCOc1ccc(C(=O)COC(=O)Cc2cccc3ccccc23)cc1. The molecule has 3 aromatic carbocycles. The maximum Gasteiger partial charge on any atom is 0.310 e. The Morgan fingerprint density at radius 1 is 0.885 bits per heavy atom. The minimum Gasteiger partial charge on any atom is -0.494 e. The highest BCUT2D eigenvalue weighted by Gasteiger charge is 2.12. The van der Waals surface area contributed by atoms with Crippen LogP contribution in [0.5, 0.6) is 5.75 Å². The molecule has 0 amide bonds. The van der Waals surface area contributed by atoms with E-state index in [1.165, 1.54) is 0 Å². The summed E-state index contributed by atoms with van der Waals surface area (Å²) >= 11 is 0. The third-order valence-electron chi connectivity index (χ3n) is 4.07. The van der Waals surface area contributed by atoms with E-state index >= 15 is 0 Å². The van der Waals surface area contributed by atoms with E-state index in [0.29, 0.717) is 17.9 Å². The minimum absolute atomic E-state index is 0.137. The van der Waals surface area contributed by atoms with E-state index in [-0.39, 0.29) is 18.8 Å². The molecule has 0 N–H and O–H groups in total. The summed E-state index contributed by atoms with van der Waals surface area (Å²) in [6, 6.07) is 20.5. The number of hydrogen-bond acceptors (Lipinski definition) is 4. The van der Waals surface area contributed by atoms with Gasteiger partial charge in [0.2, 0.25) is 0 Å². The van der Waals surface area contributed by atoms with Crippen molar-refractivity contribution in [2.24, 2.45) is 0 Å². The third kappa shape index (κ3) is 4.28. The van der Waals surface area contributed by atoms with Crippen molar-refractivity contribution in [2.45, 2.75) is 13.3 Å². The number of benzene rings is 3. The van der Waals surface area contributed by atoms with Crippen molar-refractivity contribution in [2.75, 3.05) is 13.2 Å². The van der Waals surface area contributed by atoms with Gasteiger partial charge in [0, 0.05) is 5.56 Å². The van der Waals surface area contributed by atoms with Gasteiger partial charge in [-0.25, -0.2) is 0 Å². The van der Waals surface area contributed by atoms with Gasteiger partial charge in [-0.15, -0.1) is 0 Å².